The standard InChI is InChI=1S/C15H32N2O/c1-5-6-7-8-9-10-11-12-16-13-14(18)17-15(2,3)4/h16H,5-13H2,1-4H3,(H,17,18). The van der Waals surface area contributed by atoms with E-state index >= 15 is 0 Å². The zero-order valence-corrected chi connectivity index (χ0v) is 12.8. The van der Waals surface area contributed by atoms with E-state index in [1.807, 2.05) is 20.8 Å². The van der Waals surface area contributed by atoms with Gasteiger partial charge in [0.2, 0.25) is 5.91 Å². The molecule has 0 unspecified atom stereocenters. The van der Waals surface area contributed by atoms with Crippen LogP contribution in [0.4, 0.5) is 0 Å². The van der Waals surface area contributed by atoms with Crippen LogP contribution in [0.2, 0.25) is 0 Å². The SMILES string of the molecule is CCCCCCCCCNCC(=O)NC(C)(C)C. The van der Waals surface area contributed by atoms with Gasteiger partial charge in [-0.2, -0.15) is 0 Å². The van der Waals surface area contributed by atoms with Gasteiger partial charge in [0.05, 0.1) is 6.54 Å². The highest BCUT2D eigenvalue weighted by atomic mass is 16.2. The number of amides is 1. The Balaban J connectivity index is 3.23. The van der Waals surface area contributed by atoms with Crippen LogP contribution in [0.1, 0.15) is 72.6 Å². The molecule has 108 valence electrons. The summed E-state index contributed by atoms with van der Waals surface area (Å²) < 4.78 is 0. The van der Waals surface area contributed by atoms with E-state index in [4.69, 9.17) is 0 Å². The van der Waals surface area contributed by atoms with E-state index in [0.29, 0.717) is 6.54 Å². The lowest BCUT2D eigenvalue weighted by Crippen LogP contribution is -2.44. The average Bonchev–Trinajstić information content (AvgIpc) is 2.24. The molecule has 0 aliphatic carbocycles. The summed E-state index contributed by atoms with van der Waals surface area (Å²) >= 11 is 0. The lowest BCUT2D eigenvalue weighted by molar-refractivity contribution is -0.121. The normalized spacial score (nSPS) is 11.6. The molecule has 0 rings (SSSR count). The van der Waals surface area contributed by atoms with Crippen LogP contribution in [-0.4, -0.2) is 24.5 Å². The fourth-order valence-electron chi connectivity index (χ4n) is 1.87. The Morgan fingerprint density at radius 2 is 1.50 bits per heavy atom. The third-order valence-electron chi connectivity index (χ3n) is 2.76. The maximum atomic E-state index is 11.5. The molecule has 0 spiro atoms. The second-order valence-electron chi connectivity index (χ2n) is 6.10. The Hall–Kier alpha value is -0.570. The molecule has 0 aromatic heterocycles. The first-order valence-corrected chi connectivity index (χ1v) is 7.47. The predicted molar refractivity (Wildman–Crippen MR) is 78.8 cm³/mol. The molecule has 0 saturated heterocycles. The first-order chi connectivity index (χ1) is 8.45. The highest BCUT2D eigenvalue weighted by Gasteiger charge is 2.12. The van der Waals surface area contributed by atoms with Crippen LogP contribution in [0, 0.1) is 0 Å². The minimum atomic E-state index is -0.127. The van der Waals surface area contributed by atoms with E-state index in [0.717, 1.165) is 6.54 Å². The van der Waals surface area contributed by atoms with Gasteiger partial charge in [0.25, 0.3) is 0 Å². The van der Waals surface area contributed by atoms with E-state index in [2.05, 4.69) is 17.6 Å². The van der Waals surface area contributed by atoms with Gasteiger partial charge in [-0.15, -0.1) is 0 Å². The van der Waals surface area contributed by atoms with Crippen LogP contribution < -0.4 is 10.6 Å². The zero-order chi connectivity index (χ0) is 13.9. The molecule has 1 amide bonds. The largest absolute Gasteiger partial charge is 0.350 e. The van der Waals surface area contributed by atoms with Crippen LogP contribution in [-0.2, 0) is 4.79 Å². The van der Waals surface area contributed by atoms with Crippen molar-refractivity contribution in [1.82, 2.24) is 10.6 Å². The number of unbranched alkanes of at least 4 members (excludes halogenated alkanes) is 6. The molecule has 0 fully saturated rings. The van der Waals surface area contributed by atoms with Crippen molar-refractivity contribution in [3.63, 3.8) is 0 Å². The summed E-state index contributed by atoms with van der Waals surface area (Å²) in [7, 11) is 0. The molecule has 3 heteroatoms. The van der Waals surface area contributed by atoms with Gasteiger partial charge in [-0.1, -0.05) is 45.4 Å². The molecule has 0 bridgehead atoms. The van der Waals surface area contributed by atoms with Crippen LogP contribution in [0.25, 0.3) is 0 Å². The summed E-state index contributed by atoms with van der Waals surface area (Å²) in [6.45, 7) is 9.63. The maximum absolute atomic E-state index is 11.5. The van der Waals surface area contributed by atoms with Gasteiger partial charge < -0.3 is 10.6 Å². The minimum Gasteiger partial charge on any atom is -0.350 e. The van der Waals surface area contributed by atoms with Gasteiger partial charge >= 0.3 is 0 Å². The number of carbonyl (C=O) groups excluding carboxylic acids is 1. The quantitative estimate of drug-likeness (QED) is 0.589. The van der Waals surface area contributed by atoms with Crippen LogP contribution in [0.15, 0.2) is 0 Å². The second-order valence-corrected chi connectivity index (χ2v) is 6.10. The van der Waals surface area contributed by atoms with Crippen molar-refractivity contribution in [3.05, 3.63) is 0 Å². The topological polar surface area (TPSA) is 41.1 Å². The molecule has 0 radical (unpaired) electrons. The van der Waals surface area contributed by atoms with Crippen molar-refractivity contribution in [3.8, 4) is 0 Å². The van der Waals surface area contributed by atoms with Gasteiger partial charge in [0.15, 0.2) is 0 Å². The van der Waals surface area contributed by atoms with E-state index in [-0.39, 0.29) is 11.4 Å². The Bertz CT molecular complexity index is 209. The van der Waals surface area contributed by atoms with Crippen LogP contribution >= 0.6 is 0 Å². The first kappa shape index (κ1) is 17.4. The number of hydrogen-bond donors (Lipinski definition) is 2. The van der Waals surface area contributed by atoms with Gasteiger partial charge in [-0.25, -0.2) is 0 Å². The van der Waals surface area contributed by atoms with E-state index in [9.17, 15) is 4.79 Å². The molecule has 0 atom stereocenters. The number of hydrogen-bond acceptors (Lipinski definition) is 2. The molecule has 3 nitrogen and oxygen atoms in total. The number of nitrogens with one attached hydrogen (secondary N) is 2. The minimum absolute atomic E-state index is 0.0884. The summed E-state index contributed by atoms with van der Waals surface area (Å²) in [5.41, 5.74) is -0.127. The Labute approximate surface area is 113 Å². The Kier molecular flexibility index (Phi) is 10.0. The van der Waals surface area contributed by atoms with Crippen molar-refractivity contribution in [1.29, 1.82) is 0 Å². The van der Waals surface area contributed by atoms with Gasteiger partial charge in [0, 0.05) is 5.54 Å². The summed E-state index contributed by atoms with van der Waals surface area (Å²) in [6, 6.07) is 0. The maximum Gasteiger partial charge on any atom is 0.234 e. The zero-order valence-electron chi connectivity index (χ0n) is 12.8. The van der Waals surface area contributed by atoms with E-state index in [1.165, 1.54) is 44.9 Å². The monoisotopic (exact) mass is 256 g/mol. The number of rotatable bonds is 10. The molecule has 2 N–H and O–H groups in total. The molecule has 0 heterocycles. The lowest BCUT2D eigenvalue weighted by Gasteiger charge is -2.20. The molecule has 0 saturated carbocycles. The van der Waals surface area contributed by atoms with Crippen molar-refractivity contribution >= 4 is 5.91 Å². The fourth-order valence-corrected chi connectivity index (χ4v) is 1.87. The molecular weight excluding hydrogens is 224 g/mol. The van der Waals surface area contributed by atoms with Crippen molar-refractivity contribution in [2.24, 2.45) is 0 Å². The summed E-state index contributed by atoms with van der Waals surface area (Å²) in [4.78, 5) is 11.5. The highest BCUT2D eigenvalue weighted by molar-refractivity contribution is 5.78. The molecule has 0 aliphatic rings. The highest BCUT2D eigenvalue weighted by Crippen LogP contribution is 2.06. The first-order valence-electron chi connectivity index (χ1n) is 7.47. The third-order valence-corrected chi connectivity index (χ3v) is 2.76. The molecule has 0 aliphatic heterocycles. The summed E-state index contributed by atoms with van der Waals surface area (Å²) in [6.07, 6.45) is 9.19. The average molecular weight is 256 g/mol. The Morgan fingerprint density at radius 1 is 0.944 bits per heavy atom. The predicted octanol–water partition coefficient (Wildman–Crippen LogP) is 3.24. The Morgan fingerprint density at radius 3 is 2.06 bits per heavy atom. The van der Waals surface area contributed by atoms with Crippen molar-refractivity contribution in [2.75, 3.05) is 13.1 Å². The van der Waals surface area contributed by atoms with Crippen molar-refractivity contribution < 1.29 is 4.79 Å². The van der Waals surface area contributed by atoms with Crippen LogP contribution in [0.3, 0.4) is 0 Å². The second kappa shape index (κ2) is 10.4. The van der Waals surface area contributed by atoms with Gasteiger partial charge in [-0.05, 0) is 33.7 Å². The molecule has 0 aromatic carbocycles. The lowest BCUT2D eigenvalue weighted by atomic mass is 10.1. The van der Waals surface area contributed by atoms with Gasteiger partial charge in [-0.3, -0.25) is 4.79 Å². The van der Waals surface area contributed by atoms with E-state index in [1.54, 1.807) is 0 Å². The summed E-state index contributed by atoms with van der Waals surface area (Å²) in [5, 5.41) is 6.14. The molecular formula is C15H32N2O. The molecule has 0 aromatic rings. The smallest absolute Gasteiger partial charge is 0.234 e. The summed E-state index contributed by atoms with van der Waals surface area (Å²) in [5.74, 6) is 0.0884. The van der Waals surface area contributed by atoms with Crippen molar-refractivity contribution in [2.45, 2.75) is 78.2 Å². The third kappa shape index (κ3) is 13.5. The van der Waals surface area contributed by atoms with Crippen LogP contribution in [0.5, 0.6) is 0 Å². The van der Waals surface area contributed by atoms with E-state index < -0.39 is 0 Å². The van der Waals surface area contributed by atoms with Gasteiger partial charge in [0.1, 0.15) is 0 Å². The molecule has 18 heavy (non-hydrogen) atoms. The fraction of sp³-hybridized carbons (Fsp3) is 0.933. The number of carbonyl (C=O) groups is 1.